The number of hydrogen-bond donors (Lipinski definition) is 1. The second-order valence-corrected chi connectivity index (χ2v) is 3.24. The van der Waals surface area contributed by atoms with Gasteiger partial charge in [-0.3, -0.25) is 4.79 Å². The van der Waals surface area contributed by atoms with Crippen LogP contribution in [-0.2, 0) is 0 Å². The van der Waals surface area contributed by atoms with E-state index < -0.39 is 0 Å². The molecule has 0 aromatic carbocycles. The number of carbonyl (C=O) groups is 1. The van der Waals surface area contributed by atoms with E-state index in [-0.39, 0.29) is 5.78 Å². The van der Waals surface area contributed by atoms with E-state index in [1.165, 1.54) is 11.3 Å². The SMILES string of the molecule is N=CC(=O)c1cscc1Br. The lowest BCUT2D eigenvalue weighted by Gasteiger charge is -1.86. The standard InChI is InChI=1S/C6H4BrNOS/c7-5-3-10-2-4(5)6(9)1-8/h1-3,8H. The lowest BCUT2D eigenvalue weighted by molar-refractivity contribution is 0.107. The largest absolute Gasteiger partial charge is 0.305 e. The molecule has 0 radical (unpaired) electrons. The zero-order valence-corrected chi connectivity index (χ0v) is 7.33. The van der Waals surface area contributed by atoms with Crippen molar-refractivity contribution in [2.24, 2.45) is 0 Å². The second-order valence-electron chi connectivity index (χ2n) is 1.64. The summed E-state index contributed by atoms with van der Waals surface area (Å²) in [7, 11) is 0. The highest BCUT2D eigenvalue weighted by molar-refractivity contribution is 9.10. The Morgan fingerprint density at radius 2 is 2.40 bits per heavy atom. The molecule has 0 amide bonds. The van der Waals surface area contributed by atoms with E-state index in [1.807, 2.05) is 5.38 Å². The Bertz CT molecular complexity index is 268. The molecule has 0 bridgehead atoms. The highest BCUT2D eigenvalue weighted by Crippen LogP contribution is 2.20. The summed E-state index contributed by atoms with van der Waals surface area (Å²) in [5, 5.41) is 10.2. The van der Waals surface area contributed by atoms with Crippen LogP contribution in [0.5, 0.6) is 0 Å². The fraction of sp³-hybridized carbons (Fsp3) is 0. The van der Waals surface area contributed by atoms with Crippen LogP contribution in [0.3, 0.4) is 0 Å². The average molecular weight is 218 g/mol. The zero-order valence-electron chi connectivity index (χ0n) is 4.93. The first-order chi connectivity index (χ1) is 4.75. The van der Waals surface area contributed by atoms with Gasteiger partial charge in [0.05, 0.1) is 6.21 Å². The van der Waals surface area contributed by atoms with Gasteiger partial charge in [-0.05, 0) is 15.9 Å². The smallest absolute Gasteiger partial charge is 0.205 e. The molecule has 52 valence electrons. The van der Waals surface area contributed by atoms with Crippen molar-refractivity contribution < 1.29 is 4.79 Å². The van der Waals surface area contributed by atoms with Crippen LogP contribution in [0, 0.1) is 5.41 Å². The Kier molecular flexibility index (Phi) is 2.34. The number of rotatable bonds is 2. The summed E-state index contributed by atoms with van der Waals surface area (Å²) in [6.45, 7) is 0. The molecule has 4 heteroatoms. The molecule has 0 aliphatic carbocycles. The summed E-state index contributed by atoms with van der Waals surface area (Å²) in [6, 6.07) is 0. The highest BCUT2D eigenvalue weighted by Gasteiger charge is 2.06. The van der Waals surface area contributed by atoms with Gasteiger partial charge in [0.15, 0.2) is 0 Å². The van der Waals surface area contributed by atoms with Gasteiger partial charge in [0, 0.05) is 20.8 Å². The van der Waals surface area contributed by atoms with Crippen molar-refractivity contribution in [3.05, 3.63) is 20.8 Å². The molecule has 0 saturated carbocycles. The van der Waals surface area contributed by atoms with Crippen LogP contribution in [0.2, 0.25) is 0 Å². The number of carbonyl (C=O) groups excluding carboxylic acids is 1. The minimum atomic E-state index is -0.256. The van der Waals surface area contributed by atoms with Crippen LogP contribution < -0.4 is 0 Å². The van der Waals surface area contributed by atoms with Crippen molar-refractivity contribution in [2.45, 2.75) is 0 Å². The molecular weight excluding hydrogens is 214 g/mol. The molecule has 1 aromatic rings. The monoisotopic (exact) mass is 217 g/mol. The molecule has 1 N–H and O–H groups in total. The molecule has 0 fully saturated rings. The molecular formula is C6H4BrNOS. The first kappa shape index (κ1) is 7.63. The lowest BCUT2D eigenvalue weighted by Crippen LogP contribution is -1.96. The second kappa shape index (κ2) is 3.07. The molecule has 0 unspecified atom stereocenters. The predicted molar refractivity (Wildman–Crippen MR) is 45.1 cm³/mol. The van der Waals surface area contributed by atoms with E-state index in [1.54, 1.807) is 5.38 Å². The van der Waals surface area contributed by atoms with Crippen molar-refractivity contribution in [1.82, 2.24) is 0 Å². The van der Waals surface area contributed by atoms with E-state index in [4.69, 9.17) is 5.41 Å². The van der Waals surface area contributed by atoms with Crippen molar-refractivity contribution in [3.63, 3.8) is 0 Å². The number of ketones is 1. The lowest BCUT2D eigenvalue weighted by atomic mass is 10.2. The quantitative estimate of drug-likeness (QED) is 0.600. The van der Waals surface area contributed by atoms with Gasteiger partial charge in [-0.25, -0.2) is 0 Å². The maximum Gasteiger partial charge on any atom is 0.205 e. The van der Waals surface area contributed by atoms with Crippen LogP contribution >= 0.6 is 27.3 Å². The third-order valence-electron chi connectivity index (χ3n) is 1.01. The first-order valence-corrected chi connectivity index (χ1v) is 4.26. The van der Waals surface area contributed by atoms with Crippen molar-refractivity contribution >= 4 is 39.3 Å². The van der Waals surface area contributed by atoms with E-state index in [0.717, 1.165) is 10.7 Å². The van der Waals surface area contributed by atoms with Crippen LogP contribution in [0.25, 0.3) is 0 Å². The van der Waals surface area contributed by atoms with Crippen molar-refractivity contribution in [1.29, 1.82) is 5.41 Å². The number of halogens is 1. The topological polar surface area (TPSA) is 40.9 Å². The van der Waals surface area contributed by atoms with Gasteiger partial charge in [-0.2, -0.15) is 11.3 Å². The summed E-state index contributed by atoms with van der Waals surface area (Å²) < 4.78 is 0.769. The molecule has 0 aliphatic rings. The van der Waals surface area contributed by atoms with E-state index in [0.29, 0.717) is 5.56 Å². The molecule has 0 spiro atoms. The number of nitrogens with one attached hydrogen (secondary N) is 1. The van der Waals surface area contributed by atoms with Gasteiger partial charge in [-0.15, -0.1) is 0 Å². The Hall–Kier alpha value is -0.480. The summed E-state index contributed by atoms with van der Waals surface area (Å²) in [4.78, 5) is 10.8. The summed E-state index contributed by atoms with van der Waals surface area (Å²) in [6.07, 6.45) is 0.812. The minimum absolute atomic E-state index is 0.256. The van der Waals surface area contributed by atoms with E-state index in [2.05, 4.69) is 15.9 Å². The molecule has 1 rings (SSSR count). The third-order valence-corrected chi connectivity index (χ3v) is 2.71. The van der Waals surface area contributed by atoms with Gasteiger partial charge < -0.3 is 5.41 Å². The van der Waals surface area contributed by atoms with Crippen LogP contribution in [0.15, 0.2) is 15.2 Å². The van der Waals surface area contributed by atoms with E-state index >= 15 is 0 Å². The van der Waals surface area contributed by atoms with Gasteiger partial charge >= 0.3 is 0 Å². The Balaban J connectivity index is 3.04. The number of Topliss-reactive ketones (excluding diaryl/α,β-unsaturated/α-hetero) is 1. The first-order valence-electron chi connectivity index (χ1n) is 2.52. The fourth-order valence-corrected chi connectivity index (χ4v) is 2.01. The summed E-state index contributed by atoms with van der Waals surface area (Å²) >= 11 is 4.63. The van der Waals surface area contributed by atoms with Gasteiger partial charge in [0.2, 0.25) is 5.78 Å². The Morgan fingerprint density at radius 1 is 1.70 bits per heavy atom. The van der Waals surface area contributed by atoms with Gasteiger partial charge in [-0.1, -0.05) is 0 Å². The third kappa shape index (κ3) is 1.33. The molecule has 0 saturated heterocycles. The normalized spacial score (nSPS) is 9.30. The van der Waals surface area contributed by atoms with Gasteiger partial charge in [0.1, 0.15) is 0 Å². The van der Waals surface area contributed by atoms with Crippen LogP contribution in [0.4, 0.5) is 0 Å². The van der Waals surface area contributed by atoms with E-state index in [9.17, 15) is 4.79 Å². The molecule has 0 aliphatic heterocycles. The molecule has 10 heavy (non-hydrogen) atoms. The molecule has 0 atom stereocenters. The minimum Gasteiger partial charge on any atom is -0.305 e. The molecule has 1 heterocycles. The predicted octanol–water partition coefficient (Wildman–Crippen LogP) is 2.34. The maximum atomic E-state index is 10.8. The average Bonchev–Trinajstić information content (AvgIpc) is 2.34. The van der Waals surface area contributed by atoms with Crippen LogP contribution in [0.1, 0.15) is 10.4 Å². The number of hydrogen-bond acceptors (Lipinski definition) is 3. The zero-order chi connectivity index (χ0) is 7.56. The maximum absolute atomic E-state index is 10.8. The fourth-order valence-electron chi connectivity index (χ4n) is 0.535. The highest BCUT2D eigenvalue weighted by atomic mass is 79.9. The Labute approximate surface area is 70.5 Å². The Morgan fingerprint density at radius 3 is 2.80 bits per heavy atom. The molecule has 1 aromatic heterocycles. The summed E-state index contributed by atoms with van der Waals surface area (Å²) in [5.41, 5.74) is 0.569. The molecule has 2 nitrogen and oxygen atoms in total. The van der Waals surface area contributed by atoms with Crippen LogP contribution in [-0.4, -0.2) is 12.0 Å². The van der Waals surface area contributed by atoms with Crippen molar-refractivity contribution in [3.8, 4) is 0 Å². The number of thiophene rings is 1. The van der Waals surface area contributed by atoms with Crippen molar-refractivity contribution in [2.75, 3.05) is 0 Å². The van der Waals surface area contributed by atoms with Gasteiger partial charge in [0.25, 0.3) is 0 Å². The summed E-state index contributed by atoms with van der Waals surface area (Å²) in [5.74, 6) is -0.256.